The van der Waals surface area contributed by atoms with E-state index in [2.05, 4.69) is 30.2 Å². The maximum absolute atomic E-state index is 12.8. The van der Waals surface area contributed by atoms with Crippen LogP contribution in [0.4, 0.5) is 4.39 Å². The SMILES string of the molecule is C=CC1NC(C)=C(/C=C\C=C/C)C(=O)C1/C=C(\CC)SC.CC(C)(Cc1ccc(F)cc1)NC=O. The van der Waals surface area contributed by atoms with Crippen LogP contribution in [-0.4, -0.2) is 30.0 Å². The number of amides is 1. The van der Waals surface area contributed by atoms with E-state index in [0.29, 0.717) is 12.8 Å². The van der Waals surface area contributed by atoms with Crippen LogP contribution in [0.25, 0.3) is 0 Å². The van der Waals surface area contributed by atoms with Crippen LogP contribution in [0.3, 0.4) is 0 Å². The Morgan fingerprint density at radius 3 is 2.43 bits per heavy atom. The number of halogens is 1. The number of nitrogens with one attached hydrogen (secondary N) is 2. The fourth-order valence-corrected chi connectivity index (χ4v) is 4.22. The van der Waals surface area contributed by atoms with Gasteiger partial charge in [0.15, 0.2) is 5.78 Å². The number of thioether (sulfide) groups is 1. The highest BCUT2D eigenvalue weighted by Crippen LogP contribution is 2.27. The number of rotatable bonds is 10. The van der Waals surface area contributed by atoms with Crippen LogP contribution in [-0.2, 0) is 16.0 Å². The minimum Gasteiger partial charge on any atom is -0.381 e. The Bertz CT molecular complexity index is 969. The third kappa shape index (κ3) is 10.1. The number of benzene rings is 1. The van der Waals surface area contributed by atoms with Crippen LogP contribution >= 0.6 is 11.8 Å². The Hall–Kier alpha value is -2.86. The molecule has 0 saturated carbocycles. The Balaban J connectivity index is 0.000000379. The van der Waals surface area contributed by atoms with Crippen LogP contribution in [0.1, 0.15) is 46.6 Å². The largest absolute Gasteiger partial charge is 0.381 e. The second-order valence-electron chi connectivity index (χ2n) is 8.86. The summed E-state index contributed by atoms with van der Waals surface area (Å²) in [4.78, 5) is 24.3. The number of ketones is 1. The molecule has 0 aliphatic carbocycles. The summed E-state index contributed by atoms with van der Waals surface area (Å²) >= 11 is 1.70. The molecule has 2 rings (SSSR count). The lowest BCUT2D eigenvalue weighted by atomic mass is 9.85. The molecule has 0 aromatic heterocycles. The average Bonchev–Trinajstić information content (AvgIpc) is 2.82. The lowest BCUT2D eigenvalue weighted by Crippen LogP contribution is -2.42. The van der Waals surface area contributed by atoms with Gasteiger partial charge < -0.3 is 10.6 Å². The maximum atomic E-state index is 12.8. The van der Waals surface area contributed by atoms with Gasteiger partial charge in [0, 0.05) is 16.8 Å². The van der Waals surface area contributed by atoms with E-state index in [0.717, 1.165) is 23.3 Å². The van der Waals surface area contributed by atoms with Gasteiger partial charge >= 0.3 is 0 Å². The quantitative estimate of drug-likeness (QED) is 0.226. The van der Waals surface area contributed by atoms with Crippen molar-refractivity contribution >= 4 is 24.0 Å². The first-order valence-corrected chi connectivity index (χ1v) is 13.0. The van der Waals surface area contributed by atoms with Crippen molar-refractivity contribution in [2.45, 2.75) is 59.0 Å². The molecule has 2 N–H and O–H groups in total. The minimum atomic E-state index is -0.292. The number of carbonyl (C=O) groups excluding carboxylic acids is 2. The van der Waals surface area contributed by atoms with Crippen molar-refractivity contribution in [1.82, 2.24) is 10.6 Å². The molecule has 1 amide bonds. The molecule has 0 radical (unpaired) electrons. The summed E-state index contributed by atoms with van der Waals surface area (Å²) in [6, 6.07) is 6.26. The molecule has 0 bridgehead atoms. The topological polar surface area (TPSA) is 58.2 Å². The van der Waals surface area contributed by atoms with E-state index in [1.807, 2.05) is 64.3 Å². The standard InChI is InChI=1S/C18H25NOS.C11H14FNO/c1-6-9-10-11-15-13(4)19-17(8-3)16(18(15)20)12-14(7-2)21-5;1-11(2,13-8-14)7-9-3-5-10(12)6-4-9/h6,8-12,16-17,19H,3,7H2,1-2,4-5H3;3-6,8H,7H2,1-2H3,(H,13,14)/b9-6-,11-10-,14-12+;. The number of carbonyl (C=O) groups is 2. The molecular weight excluding hydrogens is 459 g/mol. The second-order valence-corrected chi connectivity index (χ2v) is 9.79. The molecule has 1 aliphatic heterocycles. The zero-order chi connectivity index (χ0) is 26.4. The normalized spacial score (nSPS) is 18.8. The molecule has 1 aliphatic rings. The van der Waals surface area contributed by atoms with Crippen molar-refractivity contribution in [2.75, 3.05) is 6.26 Å². The van der Waals surface area contributed by atoms with Crippen molar-refractivity contribution in [3.8, 4) is 0 Å². The monoisotopic (exact) mass is 498 g/mol. The summed E-state index contributed by atoms with van der Waals surface area (Å²) in [5, 5.41) is 6.10. The van der Waals surface area contributed by atoms with E-state index in [1.165, 1.54) is 17.0 Å². The van der Waals surface area contributed by atoms with Crippen molar-refractivity contribution < 1.29 is 14.0 Å². The molecule has 2 unspecified atom stereocenters. The van der Waals surface area contributed by atoms with Gasteiger partial charge in [0.2, 0.25) is 6.41 Å². The predicted octanol–water partition coefficient (Wildman–Crippen LogP) is 6.29. The molecular formula is C29H39FN2O2S. The first-order valence-electron chi connectivity index (χ1n) is 11.8. The second kappa shape index (κ2) is 15.2. The summed E-state index contributed by atoms with van der Waals surface area (Å²) < 4.78 is 12.6. The zero-order valence-corrected chi connectivity index (χ0v) is 22.5. The van der Waals surface area contributed by atoms with Gasteiger partial charge in [-0.3, -0.25) is 9.59 Å². The minimum absolute atomic E-state index is 0.0370. The van der Waals surface area contributed by atoms with Crippen molar-refractivity contribution in [3.63, 3.8) is 0 Å². The molecule has 190 valence electrons. The highest BCUT2D eigenvalue weighted by molar-refractivity contribution is 8.02. The van der Waals surface area contributed by atoms with Gasteiger partial charge in [-0.1, -0.05) is 49.4 Å². The Labute approximate surface area is 214 Å². The van der Waals surface area contributed by atoms with Gasteiger partial charge in [0.1, 0.15) is 5.82 Å². The highest BCUT2D eigenvalue weighted by atomic mass is 32.2. The van der Waals surface area contributed by atoms with Crippen LogP contribution in [0, 0.1) is 11.7 Å². The smallest absolute Gasteiger partial charge is 0.207 e. The summed E-state index contributed by atoms with van der Waals surface area (Å²) in [6.07, 6.45) is 15.9. The molecule has 0 saturated heterocycles. The summed E-state index contributed by atoms with van der Waals surface area (Å²) in [5.41, 5.74) is 2.38. The molecule has 0 fully saturated rings. The van der Waals surface area contributed by atoms with E-state index in [4.69, 9.17) is 0 Å². The number of allylic oxidation sites excluding steroid dienone is 7. The lowest BCUT2D eigenvalue weighted by Gasteiger charge is -2.30. The molecule has 35 heavy (non-hydrogen) atoms. The van der Waals surface area contributed by atoms with Crippen molar-refractivity contribution in [2.24, 2.45) is 5.92 Å². The summed E-state index contributed by atoms with van der Waals surface area (Å²) in [7, 11) is 0. The van der Waals surface area contributed by atoms with Crippen LogP contribution < -0.4 is 10.6 Å². The Kier molecular flexibility index (Phi) is 13.1. The van der Waals surface area contributed by atoms with Crippen LogP contribution in [0.15, 0.2) is 83.5 Å². The number of hydrogen-bond acceptors (Lipinski definition) is 4. The molecule has 1 aromatic rings. The third-order valence-electron chi connectivity index (χ3n) is 5.55. The zero-order valence-electron chi connectivity index (χ0n) is 21.7. The highest BCUT2D eigenvalue weighted by Gasteiger charge is 2.31. The Morgan fingerprint density at radius 2 is 1.91 bits per heavy atom. The van der Waals surface area contributed by atoms with E-state index < -0.39 is 0 Å². The van der Waals surface area contributed by atoms with E-state index >= 15 is 0 Å². The molecule has 0 spiro atoms. The van der Waals surface area contributed by atoms with E-state index in [9.17, 15) is 14.0 Å². The van der Waals surface area contributed by atoms with Gasteiger partial charge in [-0.05, 0) is 75.5 Å². The van der Waals surface area contributed by atoms with E-state index in [-0.39, 0.29) is 29.1 Å². The first kappa shape index (κ1) is 30.2. The predicted molar refractivity (Wildman–Crippen MR) is 148 cm³/mol. The van der Waals surface area contributed by atoms with Gasteiger partial charge in [-0.15, -0.1) is 18.3 Å². The lowest BCUT2D eigenvalue weighted by molar-refractivity contribution is -0.118. The van der Waals surface area contributed by atoms with Gasteiger partial charge in [-0.25, -0.2) is 4.39 Å². The maximum Gasteiger partial charge on any atom is 0.207 e. The van der Waals surface area contributed by atoms with Crippen molar-refractivity contribution in [3.05, 3.63) is 94.9 Å². The fraction of sp³-hybridized carbons (Fsp3) is 0.379. The molecule has 2 atom stereocenters. The van der Waals surface area contributed by atoms with Crippen LogP contribution in [0.2, 0.25) is 0 Å². The van der Waals surface area contributed by atoms with Gasteiger partial charge in [-0.2, -0.15) is 0 Å². The van der Waals surface area contributed by atoms with Gasteiger partial charge in [0.25, 0.3) is 0 Å². The van der Waals surface area contributed by atoms with Crippen molar-refractivity contribution in [1.29, 1.82) is 0 Å². The molecule has 4 nitrogen and oxygen atoms in total. The number of hydrogen-bond donors (Lipinski definition) is 2. The van der Waals surface area contributed by atoms with Crippen LogP contribution in [0.5, 0.6) is 0 Å². The molecule has 1 aromatic carbocycles. The number of Topliss-reactive ketones (excluding diaryl/α,β-unsaturated/α-hetero) is 1. The molecule has 6 heteroatoms. The van der Waals surface area contributed by atoms with E-state index in [1.54, 1.807) is 23.9 Å². The Morgan fingerprint density at radius 1 is 1.26 bits per heavy atom. The third-order valence-corrected chi connectivity index (χ3v) is 6.50. The summed E-state index contributed by atoms with van der Waals surface area (Å²) in [6.45, 7) is 13.7. The average molecular weight is 499 g/mol. The summed E-state index contributed by atoms with van der Waals surface area (Å²) in [5.74, 6) is -0.259. The molecule has 1 heterocycles. The van der Waals surface area contributed by atoms with Gasteiger partial charge in [0.05, 0.1) is 12.0 Å². The fourth-order valence-electron chi connectivity index (χ4n) is 3.65. The first-order chi connectivity index (χ1) is 16.6.